The SMILES string of the molecule is CNCCCCCCc1cc(I)ccc1OC. The molecule has 0 aromatic heterocycles. The molecule has 96 valence electrons. The maximum absolute atomic E-state index is 5.38. The standard InChI is InChI=1S/C14H22INO/c1-16-10-6-4-3-5-7-12-11-13(15)8-9-14(12)17-2/h8-9,11,16H,3-7,10H2,1-2H3. The van der Waals surface area contributed by atoms with Crippen LogP contribution in [0.5, 0.6) is 5.75 Å². The van der Waals surface area contributed by atoms with E-state index in [-0.39, 0.29) is 0 Å². The van der Waals surface area contributed by atoms with Gasteiger partial charge in [-0.25, -0.2) is 0 Å². The van der Waals surface area contributed by atoms with Crippen LogP contribution in [0.4, 0.5) is 0 Å². The van der Waals surface area contributed by atoms with E-state index in [0.29, 0.717) is 0 Å². The fourth-order valence-corrected chi connectivity index (χ4v) is 2.47. The van der Waals surface area contributed by atoms with E-state index in [4.69, 9.17) is 4.74 Å². The van der Waals surface area contributed by atoms with E-state index < -0.39 is 0 Å². The van der Waals surface area contributed by atoms with Crippen LogP contribution in [-0.4, -0.2) is 20.7 Å². The number of ether oxygens (including phenoxy) is 1. The first kappa shape index (κ1) is 14.8. The minimum absolute atomic E-state index is 1.03. The molecule has 0 saturated carbocycles. The molecule has 0 bridgehead atoms. The molecular formula is C14H22INO. The van der Waals surface area contributed by atoms with E-state index in [0.717, 1.165) is 18.7 Å². The van der Waals surface area contributed by atoms with Gasteiger partial charge in [0, 0.05) is 3.57 Å². The van der Waals surface area contributed by atoms with Gasteiger partial charge in [-0.1, -0.05) is 12.8 Å². The van der Waals surface area contributed by atoms with Crippen molar-refractivity contribution >= 4 is 22.6 Å². The van der Waals surface area contributed by atoms with Gasteiger partial charge in [-0.3, -0.25) is 0 Å². The van der Waals surface area contributed by atoms with Gasteiger partial charge in [-0.15, -0.1) is 0 Å². The smallest absolute Gasteiger partial charge is 0.122 e. The molecule has 0 atom stereocenters. The summed E-state index contributed by atoms with van der Waals surface area (Å²) in [5, 5.41) is 3.18. The normalized spacial score (nSPS) is 10.5. The number of hydrogen-bond acceptors (Lipinski definition) is 2. The zero-order valence-corrected chi connectivity index (χ0v) is 12.9. The molecule has 0 saturated heterocycles. The molecule has 17 heavy (non-hydrogen) atoms. The van der Waals surface area contributed by atoms with Crippen molar-refractivity contribution in [2.24, 2.45) is 0 Å². The topological polar surface area (TPSA) is 21.3 Å². The van der Waals surface area contributed by atoms with Crippen molar-refractivity contribution in [3.05, 3.63) is 27.3 Å². The van der Waals surface area contributed by atoms with Crippen molar-refractivity contribution < 1.29 is 4.74 Å². The molecule has 0 aliphatic rings. The van der Waals surface area contributed by atoms with Gasteiger partial charge in [0.1, 0.15) is 5.75 Å². The highest BCUT2D eigenvalue weighted by molar-refractivity contribution is 14.1. The Balaban J connectivity index is 2.32. The van der Waals surface area contributed by atoms with Crippen LogP contribution < -0.4 is 10.1 Å². The fraction of sp³-hybridized carbons (Fsp3) is 0.571. The highest BCUT2D eigenvalue weighted by atomic mass is 127. The second-order valence-electron chi connectivity index (χ2n) is 4.22. The van der Waals surface area contributed by atoms with Crippen molar-refractivity contribution in [3.8, 4) is 5.75 Å². The van der Waals surface area contributed by atoms with Crippen molar-refractivity contribution in [1.29, 1.82) is 0 Å². The van der Waals surface area contributed by atoms with Gasteiger partial charge < -0.3 is 10.1 Å². The van der Waals surface area contributed by atoms with Gasteiger partial charge in [0.25, 0.3) is 0 Å². The molecule has 3 heteroatoms. The van der Waals surface area contributed by atoms with Crippen LogP contribution in [0.15, 0.2) is 18.2 Å². The first-order valence-electron chi connectivity index (χ1n) is 6.25. The third-order valence-electron chi connectivity index (χ3n) is 2.87. The summed E-state index contributed by atoms with van der Waals surface area (Å²) in [5.74, 6) is 1.03. The molecule has 0 heterocycles. The average molecular weight is 347 g/mol. The Morgan fingerprint density at radius 2 is 1.94 bits per heavy atom. The van der Waals surface area contributed by atoms with Gasteiger partial charge in [0.15, 0.2) is 0 Å². The van der Waals surface area contributed by atoms with Crippen molar-refractivity contribution in [1.82, 2.24) is 5.32 Å². The first-order valence-corrected chi connectivity index (χ1v) is 7.33. The summed E-state index contributed by atoms with van der Waals surface area (Å²) in [6, 6.07) is 6.39. The lowest BCUT2D eigenvalue weighted by Gasteiger charge is -2.08. The van der Waals surface area contributed by atoms with E-state index in [2.05, 4.69) is 46.1 Å². The molecule has 0 radical (unpaired) electrons. The van der Waals surface area contributed by atoms with Crippen LogP contribution in [-0.2, 0) is 6.42 Å². The Bertz CT molecular complexity index is 328. The lowest BCUT2D eigenvalue weighted by molar-refractivity contribution is 0.408. The molecule has 0 spiro atoms. The first-order chi connectivity index (χ1) is 8.27. The van der Waals surface area contributed by atoms with Crippen LogP contribution in [0, 0.1) is 3.57 Å². The Morgan fingerprint density at radius 3 is 2.65 bits per heavy atom. The van der Waals surface area contributed by atoms with Crippen LogP contribution >= 0.6 is 22.6 Å². The van der Waals surface area contributed by atoms with Gasteiger partial charge in [0.2, 0.25) is 0 Å². The highest BCUT2D eigenvalue weighted by Gasteiger charge is 2.03. The molecule has 0 aliphatic carbocycles. The van der Waals surface area contributed by atoms with Gasteiger partial charge in [0.05, 0.1) is 7.11 Å². The summed E-state index contributed by atoms with van der Waals surface area (Å²) >= 11 is 2.35. The molecule has 0 fully saturated rings. The predicted molar refractivity (Wildman–Crippen MR) is 81.8 cm³/mol. The van der Waals surface area contributed by atoms with Crippen molar-refractivity contribution in [2.45, 2.75) is 32.1 Å². The monoisotopic (exact) mass is 347 g/mol. The van der Waals surface area contributed by atoms with E-state index >= 15 is 0 Å². The number of halogens is 1. The van der Waals surface area contributed by atoms with Gasteiger partial charge in [-0.05, 0) is 79.2 Å². The summed E-state index contributed by atoms with van der Waals surface area (Å²) in [6.07, 6.45) is 6.27. The van der Waals surface area contributed by atoms with Gasteiger partial charge >= 0.3 is 0 Å². The molecule has 1 aromatic carbocycles. The number of nitrogens with one attached hydrogen (secondary N) is 1. The quantitative estimate of drug-likeness (QED) is 0.573. The average Bonchev–Trinajstić information content (AvgIpc) is 2.34. The molecule has 1 rings (SSSR count). The zero-order chi connectivity index (χ0) is 12.5. The number of methoxy groups -OCH3 is 1. The van der Waals surface area contributed by atoms with Crippen LogP contribution in [0.2, 0.25) is 0 Å². The molecule has 0 unspecified atom stereocenters. The molecule has 0 aliphatic heterocycles. The molecule has 1 aromatic rings. The third kappa shape index (κ3) is 5.73. The number of unbranched alkanes of at least 4 members (excludes halogenated alkanes) is 3. The Labute approximate surface area is 118 Å². The minimum atomic E-state index is 1.03. The lowest BCUT2D eigenvalue weighted by atomic mass is 10.1. The van der Waals surface area contributed by atoms with Crippen LogP contribution in [0.25, 0.3) is 0 Å². The van der Waals surface area contributed by atoms with Crippen molar-refractivity contribution in [2.75, 3.05) is 20.7 Å². The summed E-state index contributed by atoms with van der Waals surface area (Å²) in [5.41, 5.74) is 1.34. The Hall–Kier alpha value is -0.290. The van der Waals surface area contributed by atoms with Crippen molar-refractivity contribution in [3.63, 3.8) is 0 Å². The van der Waals surface area contributed by atoms with Crippen LogP contribution in [0.1, 0.15) is 31.2 Å². The zero-order valence-electron chi connectivity index (χ0n) is 10.8. The number of hydrogen-bond donors (Lipinski definition) is 1. The molecule has 0 amide bonds. The number of benzene rings is 1. The number of rotatable bonds is 8. The van der Waals surface area contributed by atoms with E-state index in [1.165, 1.54) is 34.8 Å². The maximum atomic E-state index is 5.38. The summed E-state index contributed by atoms with van der Waals surface area (Å²) in [6.45, 7) is 1.13. The van der Waals surface area contributed by atoms with E-state index in [9.17, 15) is 0 Å². The largest absolute Gasteiger partial charge is 0.496 e. The Kier molecular flexibility index (Phi) is 7.60. The second kappa shape index (κ2) is 8.75. The summed E-state index contributed by atoms with van der Waals surface area (Å²) in [4.78, 5) is 0. The minimum Gasteiger partial charge on any atom is -0.496 e. The molecule has 2 nitrogen and oxygen atoms in total. The maximum Gasteiger partial charge on any atom is 0.122 e. The molecule has 1 N–H and O–H groups in total. The highest BCUT2D eigenvalue weighted by Crippen LogP contribution is 2.23. The van der Waals surface area contributed by atoms with Crippen LogP contribution in [0.3, 0.4) is 0 Å². The number of aryl methyl sites for hydroxylation is 1. The summed E-state index contributed by atoms with van der Waals surface area (Å²) < 4.78 is 6.67. The van der Waals surface area contributed by atoms with E-state index in [1.807, 2.05) is 7.05 Å². The fourth-order valence-electron chi connectivity index (χ4n) is 1.91. The lowest BCUT2D eigenvalue weighted by Crippen LogP contribution is -2.06. The summed E-state index contributed by atoms with van der Waals surface area (Å²) in [7, 11) is 3.76. The second-order valence-corrected chi connectivity index (χ2v) is 5.47. The molecular weight excluding hydrogens is 325 g/mol. The Morgan fingerprint density at radius 1 is 1.18 bits per heavy atom. The predicted octanol–water partition coefficient (Wildman–Crippen LogP) is 3.62. The van der Waals surface area contributed by atoms with Gasteiger partial charge in [-0.2, -0.15) is 0 Å². The van der Waals surface area contributed by atoms with E-state index in [1.54, 1.807) is 7.11 Å². The third-order valence-corrected chi connectivity index (χ3v) is 3.54.